The monoisotopic (exact) mass is 274 g/mol. The maximum Gasteiger partial charge on any atom is 0.335 e. The van der Waals surface area contributed by atoms with Crippen LogP contribution < -0.4 is 9.47 Å². The van der Waals surface area contributed by atoms with Crippen LogP contribution in [0.1, 0.15) is 5.56 Å². The van der Waals surface area contributed by atoms with Crippen LogP contribution in [-0.4, -0.2) is 38.5 Å². The van der Waals surface area contributed by atoms with Gasteiger partial charge in [-0.05, 0) is 11.6 Å². The minimum Gasteiger partial charge on any atom is -0.493 e. The second-order valence-corrected chi connectivity index (χ2v) is 3.90. The van der Waals surface area contributed by atoms with Gasteiger partial charge in [0.2, 0.25) is 0 Å². The molecule has 0 spiro atoms. The average molecular weight is 275 g/mol. The molecule has 0 aliphatic heterocycles. The number of benzene rings is 1. The summed E-state index contributed by atoms with van der Waals surface area (Å²) in [5.74, 6) is 0.147. The molecule has 1 rings (SSSR count). The van der Waals surface area contributed by atoms with Crippen molar-refractivity contribution in [1.29, 1.82) is 0 Å². The molecule has 6 heteroatoms. The standard InChI is InChI=1S/C12H15ClO5/c1-16-9-5-4-7(10(13)11(9)17-2)6-8(14)12(15)18-3/h4-5,8,14H,6H2,1-3H3. The Bertz CT molecular complexity index is 433. The molecule has 0 aromatic heterocycles. The molecule has 1 atom stereocenters. The normalized spacial score (nSPS) is 11.8. The number of carbonyl (C=O) groups is 1. The second-order valence-electron chi connectivity index (χ2n) is 3.52. The third-order valence-electron chi connectivity index (χ3n) is 2.45. The van der Waals surface area contributed by atoms with E-state index in [2.05, 4.69) is 4.74 Å². The Morgan fingerprint density at radius 2 is 2.00 bits per heavy atom. The fraction of sp³-hybridized carbons (Fsp3) is 0.417. The van der Waals surface area contributed by atoms with Crippen LogP contribution in [0.5, 0.6) is 11.5 Å². The molecule has 0 bridgehead atoms. The summed E-state index contributed by atoms with van der Waals surface area (Å²) in [6.45, 7) is 0. The van der Waals surface area contributed by atoms with Crippen molar-refractivity contribution in [3.05, 3.63) is 22.7 Å². The SMILES string of the molecule is COC(=O)C(O)Cc1ccc(OC)c(OC)c1Cl. The average Bonchev–Trinajstić information content (AvgIpc) is 2.39. The van der Waals surface area contributed by atoms with E-state index in [4.69, 9.17) is 21.1 Å². The third kappa shape index (κ3) is 3.05. The lowest BCUT2D eigenvalue weighted by Gasteiger charge is -2.14. The van der Waals surface area contributed by atoms with E-state index in [9.17, 15) is 9.90 Å². The molecule has 1 aromatic rings. The molecule has 1 unspecified atom stereocenters. The number of ether oxygens (including phenoxy) is 3. The summed E-state index contributed by atoms with van der Waals surface area (Å²) in [5.41, 5.74) is 0.576. The van der Waals surface area contributed by atoms with Crippen LogP contribution in [-0.2, 0) is 16.0 Å². The Kier molecular flexibility index (Phi) is 5.25. The first-order chi connectivity index (χ1) is 8.54. The molecular weight excluding hydrogens is 260 g/mol. The highest BCUT2D eigenvalue weighted by Crippen LogP contribution is 2.37. The smallest absolute Gasteiger partial charge is 0.335 e. The van der Waals surface area contributed by atoms with Crippen LogP contribution in [0.25, 0.3) is 0 Å². The van der Waals surface area contributed by atoms with Crippen molar-refractivity contribution < 1.29 is 24.1 Å². The summed E-state index contributed by atoms with van der Waals surface area (Å²) in [5, 5.41) is 9.89. The van der Waals surface area contributed by atoms with Gasteiger partial charge in [-0.25, -0.2) is 4.79 Å². The zero-order chi connectivity index (χ0) is 13.7. The largest absolute Gasteiger partial charge is 0.493 e. The van der Waals surface area contributed by atoms with Gasteiger partial charge in [0.05, 0.1) is 26.4 Å². The summed E-state index contributed by atoms with van der Waals surface area (Å²) in [4.78, 5) is 11.1. The molecule has 100 valence electrons. The minimum atomic E-state index is -1.26. The number of methoxy groups -OCH3 is 3. The van der Waals surface area contributed by atoms with E-state index in [1.54, 1.807) is 12.1 Å². The fourth-order valence-electron chi connectivity index (χ4n) is 1.52. The Morgan fingerprint density at radius 1 is 1.33 bits per heavy atom. The van der Waals surface area contributed by atoms with Gasteiger partial charge in [0.15, 0.2) is 17.6 Å². The van der Waals surface area contributed by atoms with Gasteiger partial charge in [0, 0.05) is 6.42 Å². The summed E-state index contributed by atoms with van der Waals surface area (Å²) in [6.07, 6.45) is -1.21. The summed E-state index contributed by atoms with van der Waals surface area (Å²) >= 11 is 6.12. The number of rotatable bonds is 5. The quantitative estimate of drug-likeness (QED) is 0.823. The van der Waals surface area contributed by atoms with E-state index in [0.29, 0.717) is 22.1 Å². The highest BCUT2D eigenvalue weighted by atomic mass is 35.5. The van der Waals surface area contributed by atoms with Gasteiger partial charge >= 0.3 is 5.97 Å². The van der Waals surface area contributed by atoms with Gasteiger partial charge in [0.25, 0.3) is 0 Å². The van der Waals surface area contributed by atoms with E-state index >= 15 is 0 Å². The van der Waals surface area contributed by atoms with Crippen molar-refractivity contribution in [2.24, 2.45) is 0 Å². The lowest BCUT2D eigenvalue weighted by Crippen LogP contribution is -2.24. The molecule has 18 heavy (non-hydrogen) atoms. The van der Waals surface area contributed by atoms with Crippen molar-refractivity contribution in [1.82, 2.24) is 0 Å². The van der Waals surface area contributed by atoms with Crippen LogP contribution in [0.4, 0.5) is 0 Å². The molecule has 1 N–H and O–H groups in total. The first-order valence-corrected chi connectivity index (χ1v) is 5.58. The predicted molar refractivity (Wildman–Crippen MR) is 66.3 cm³/mol. The van der Waals surface area contributed by atoms with E-state index in [0.717, 1.165) is 0 Å². The zero-order valence-corrected chi connectivity index (χ0v) is 11.2. The number of esters is 1. The molecule has 0 radical (unpaired) electrons. The predicted octanol–water partition coefficient (Wildman–Crippen LogP) is 1.43. The maximum absolute atomic E-state index is 11.1. The first-order valence-electron chi connectivity index (χ1n) is 5.20. The highest BCUT2D eigenvalue weighted by Gasteiger charge is 2.20. The van der Waals surface area contributed by atoms with Crippen molar-refractivity contribution in [2.75, 3.05) is 21.3 Å². The number of halogens is 1. The number of carbonyl (C=O) groups excluding carboxylic acids is 1. The van der Waals surface area contributed by atoms with Crippen LogP contribution >= 0.6 is 11.6 Å². The maximum atomic E-state index is 11.1. The molecule has 0 saturated heterocycles. The van der Waals surface area contributed by atoms with Gasteiger partial charge in [-0.15, -0.1) is 0 Å². The third-order valence-corrected chi connectivity index (χ3v) is 2.87. The van der Waals surface area contributed by atoms with E-state index in [1.807, 2.05) is 0 Å². The first kappa shape index (κ1) is 14.6. The molecule has 0 fully saturated rings. The van der Waals surface area contributed by atoms with Gasteiger partial charge in [-0.2, -0.15) is 0 Å². The van der Waals surface area contributed by atoms with Crippen molar-refractivity contribution in [3.8, 4) is 11.5 Å². The van der Waals surface area contributed by atoms with Crippen molar-refractivity contribution in [2.45, 2.75) is 12.5 Å². The summed E-state index contributed by atoms with van der Waals surface area (Å²) in [7, 11) is 4.17. The lowest BCUT2D eigenvalue weighted by molar-refractivity contribution is -0.150. The van der Waals surface area contributed by atoms with Gasteiger partial charge in [-0.3, -0.25) is 0 Å². The van der Waals surface area contributed by atoms with Crippen molar-refractivity contribution >= 4 is 17.6 Å². The van der Waals surface area contributed by atoms with Crippen LogP contribution in [0, 0.1) is 0 Å². The zero-order valence-electron chi connectivity index (χ0n) is 10.4. The Hall–Kier alpha value is -1.46. The number of aliphatic hydroxyl groups is 1. The summed E-state index contributed by atoms with van der Waals surface area (Å²) < 4.78 is 14.6. The topological polar surface area (TPSA) is 65.0 Å². The molecule has 0 saturated carbocycles. The molecule has 0 aliphatic carbocycles. The van der Waals surface area contributed by atoms with Gasteiger partial charge in [0.1, 0.15) is 0 Å². The molecule has 5 nitrogen and oxygen atoms in total. The molecule has 0 heterocycles. The molecular formula is C12H15ClO5. The van der Waals surface area contributed by atoms with Crippen LogP contribution in [0.2, 0.25) is 5.02 Å². The van der Waals surface area contributed by atoms with Gasteiger partial charge < -0.3 is 19.3 Å². The van der Waals surface area contributed by atoms with Crippen LogP contribution in [0.15, 0.2) is 12.1 Å². The number of hydrogen-bond acceptors (Lipinski definition) is 5. The lowest BCUT2D eigenvalue weighted by atomic mass is 10.1. The molecule has 1 aromatic carbocycles. The van der Waals surface area contributed by atoms with E-state index in [-0.39, 0.29) is 6.42 Å². The Balaban J connectivity index is 3.01. The molecule has 0 aliphatic rings. The number of aliphatic hydroxyl groups excluding tert-OH is 1. The highest BCUT2D eigenvalue weighted by molar-refractivity contribution is 6.33. The van der Waals surface area contributed by atoms with E-state index in [1.165, 1.54) is 21.3 Å². The summed E-state index contributed by atoms with van der Waals surface area (Å²) in [6, 6.07) is 3.32. The fourth-order valence-corrected chi connectivity index (χ4v) is 1.83. The van der Waals surface area contributed by atoms with E-state index < -0.39 is 12.1 Å². The van der Waals surface area contributed by atoms with Gasteiger partial charge in [-0.1, -0.05) is 17.7 Å². The molecule has 0 amide bonds. The minimum absolute atomic E-state index is 0.0475. The van der Waals surface area contributed by atoms with Crippen LogP contribution in [0.3, 0.4) is 0 Å². The number of hydrogen-bond donors (Lipinski definition) is 1. The van der Waals surface area contributed by atoms with Crippen molar-refractivity contribution in [3.63, 3.8) is 0 Å². The Morgan fingerprint density at radius 3 is 2.50 bits per heavy atom. The Labute approximate surface area is 110 Å². The second kappa shape index (κ2) is 6.47.